The number of nitrogens with one attached hydrogen (secondary N) is 1. The molecule has 1 aromatic heterocycles. The molecule has 5 rings (SSSR count). The lowest BCUT2D eigenvalue weighted by atomic mass is 9.98. The number of fused-ring (bicyclic) bond motifs is 1. The Morgan fingerprint density at radius 2 is 2.00 bits per heavy atom. The van der Waals surface area contributed by atoms with Gasteiger partial charge in [-0.1, -0.05) is 0 Å². The highest BCUT2D eigenvalue weighted by molar-refractivity contribution is 5.98. The summed E-state index contributed by atoms with van der Waals surface area (Å²) in [7, 11) is 1.29. The van der Waals surface area contributed by atoms with Crippen LogP contribution in [0.1, 0.15) is 30.1 Å². The van der Waals surface area contributed by atoms with Crippen LogP contribution in [0, 0.1) is 5.82 Å². The Morgan fingerprint density at radius 3 is 2.61 bits per heavy atom. The van der Waals surface area contributed by atoms with Crippen LogP contribution in [0.3, 0.4) is 0 Å². The van der Waals surface area contributed by atoms with Crippen LogP contribution in [0.2, 0.25) is 0 Å². The maximum atomic E-state index is 15.1. The summed E-state index contributed by atoms with van der Waals surface area (Å²) in [4.78, 5) is 17.2. The van der Waals surface area contributed by atoms with Crippen molar-refractivity contribution in [1.29, 1.82) is 0 Å². The van der Waals surface area contributed by atoms with E-state index in [9.17, 15) is 19.4 Å². The zero-order valence-electron chi connectivity index (χ0n) is 18.1. The second-order valence-electron chi connectivity index (χ2n) is 8.94. The normalized spacial score (nSPS) is 18.1. The minimum Gasteiger partial charge on any atom is -0.502 e. The number of aromatic hydroxyl groups is 2. The van der Waals surface area contributed by atoms with Gasteiger partial charge in [0.25, 0.3) is 5.91 Å². The number of hydrogen-bond donors (Lipinski definition) is 3. The van der Waals surface area contributed by atoms with Gasteiger partial charge in [0.05, 0.1) is 49.0 Å². The number of phenols is 2. The van der Waals surface area contributed by atoms with E-state index in [2.05, 4.69) is 10.3 Å². The van der Waals surface area contributed by atoms with Gasteiger partial charge in [0.2, 0.25) is 5.75 Å². The number of benzene rings is 2. The average Bonchev–Trinajstić information content (AvgIpc) is 3.40. The van der Waals surface area contributed by atoms with Gasteiger partial charge in [0, 0.05) is 5.56 Å². The Morgan fingerprint density at radius 1 is 1.27 bits per heavy atom. The van der Waals surface area contributed by atoms with Gasteiger partial charge >= 0.3 is 0 Å². The van der Waals surface area contributed by atoms with Crippen molar-refractivity contribution >= 4 is 16.9 Å². The summed E-state index contributed by atoms with van der Waals surface area (Å²) in [6.07, 6.45) is 0.880. The first kappa shape index (κ1) is 21.4. The Hall–Kier alpha value is -3.40. The maximum absolute atomic E-state index is 15.1. The lowest BCUT2D eigenvalue weighted by Gasteiger charge is -2.40. The number of alkyl halides is 1. The minimum absolute atomic E-state index is 0.0439. The van der Waals surface area contributed by atoms with E-state index in [0.717, 1.165) is 0 Å². The van der Waals surface area contributed by atoms with E-state index in [4.69, 9.17) is 9.47 Å². The molecule has 2 aliphatic rings. The molecule has 10 heteroatoms. The van der Waals surface area contributed by atoms with E-state index in [0.29, 0.717) is 42.7 Å². The van der Waals surface area contributed by atoms with Crippen LogP contribution >= 0.6 is 0 Å². The van der Waals surface area contributed by atoms with E-state index in [1.165, 1.54) is 13.2 Å². The lowest BCUT2D eigenvalue weighted by molar-refractivity contribution is -0.0868. The molecule has 1 saturated heterocycles. The van der Waals surface area contributed by atoms with E-state index >= 15 is 4.39 Å². The third-order valence-corrected chi connectivity index (χ3v) is 6.28. The van der Waals surface area contributed by atoms with Crippen LogP contribution in [-0.4, -0.2) is 58.2 Å². The number of imidazole rings is 1. The smallest absolute Gasteiger partial charge is 0.251 e. The van der Waals surface area contributed by atoms with Gasteiger partial charge < -0.3 is 29.6 Å². The SMILES string of the molecule is COc1cc(-c2nc3ccc(C(=O)NCC4(F)CC4)cc3n2C2(C)COC2)c(F)c(O)c1O. The van der Waals surface area contributed by atoms with Crippen molar-refractivity contribution in [3.05, 3.63) is 35.6 Å². The van der Waals surface area contributed by atoms with Gasteiger partial charge in [-0.3, -0.25) is 4.79 Å². The van der Waals surface area contributed by atoms with Crippen LogP contribution in [0.25, 0.3) is 22.4 Å². The van der Waals surface area contributed by atoms with E-state index in [-0.39, 0.29) is 23.7 Å². The fraction of sp³-hybridized carbons (Fsp3) is 0.391. The fourth-order valence-electron chi connectivity index (χ4n) is 4.05. The first-order chi connectivity index (χ1) is 15.7. The van der Waals surface area contributed by atoms with Crippen LogP contribution in [-0.2, 0) is 10.3 Å². The predicted octanol–water partition coefficient (Wildman–Crippen LogP) is 3.24. The molecule has 1 saturated carbocycles. The summed E-state index contributed by atoms with van der Waals surface area (Å²) in [5.41, 5.74) is -0.632. The largest absolute Gasteiger partial charge is 0.502 e. The van der Waals surface area contributed by atoms with Gasteiger partial charge in [0.15, 0.2) is 17.3 Å². The highest BCUT2D eigenvalue weighted by Crippen LogP contribution is 2.45. The lowest BCUT2D eigenvalue weighted by Crippen LogP contribution is -2.49. The maximum Gasteiger partial charge on any atom is 0.251 e. The van der Waals surface area contributed by atoms with Crippen molar-refractivity contribution in [2.75, 3.05) is 26.9 Å². The molecule has 2 aromatic carbocycles. The minimum atomic E-state index is -1.32. The summed E-state index contributed by atoms with van der Waals surface area (Å²) < 4.78 is 41.2. The summed E-state index contributed by atoms with van der Waals surface area (Å²) in [5, 5.41) is 22.7. The molecule has 0 radical (unpaired) electrons. The van der Waals surface area contributed by atoms with Gasteiger partial charge in [-0.15, -0.1) is 0 Å². The van der Waals surface area contributed by atoms with Gasteiger partial charge in [0.1, 0.15) is 11.5 Å². The third-order valence-electron chi connectivity index (χ3n) is 6.28. The van der Waals surface area contributed by atoms with Crippen LogP contribution in [0.5, 0.6) is 17.2 Å². The third kappa shape index (κ3) is 3.45. The Bertz CT molecular complexity index is 1280. The molecule has 2 fully saturated rings. The molecule has 0 bridgehead atoms. The summed E-state index contributed by atoms with van der Waals surface area (Å²) >= 11 is 0. The molecule has 1 amide bonds. The van der Waals surface area contributed by atoms with Crippen molar-refractivity contribution < 1.29 is 33.3 Å². The van der Waals surface area contributed by atoms with Crippen molar-refractivity contribution in [2.45, 2.75) is 31.0 Å². The highest BCUT2D eigenvalue weighted by Gasteiger charge is 2.43. The second-order valence-corrected chi connectivity index (χ2v) is 8.94. The van der Waals surface area contributed by atoms with E-state index in [1.54, 1.807) is 22.8 Å². The molecule has 3 aromatic rings. The number of nitrogens with zero attached hydrogens (tertiary/aromatic N) is 2. The van der Waals surface area contributed by atoms with Crippen LogP contribution in [0.4, 0.5) is 8.78 Å². The van der Waals surface area contributed by atoms with Gasteiger partial charge in [-0.25, -0.2) is 13.8 Å². The molecule has 0 spiro atoms. The van der Waals surface area contributed by atoms with Crippen LogP contribution in [0.15, 0.2) is 24.3 Å². The number of aromatic nitrogens is 2. The average molecular weight is 459 g/mol. The first-order valence-electron chi connectivity index (χ1n) is 10.5. The predicted molar refractivity (Wildman–Crippen MR) is 115 cm³/mol. The zero-order valence-corrected chi connectivity index (χ0v) is 18.1. The molecule has 3 N–H and O–H groups in total. The number of ether oxygens (including phenoxy) is 2. The molecule has 0 unspecified atom stereocenters. The molecule has 8 nitrogen and oxygen atoms in total. The van der Waals surface area contributed by atoms with E-state index < -0.39 is 34.4 Å². The first-order valence-corrected chi connectivity index (χ1v) is 10.5. The quantitative estimate of drug-likeness (QED) is 0.489. The number of amides is 1. The Balaban J connectivity index is 1.65. The monoisotopic (exact) mass is 459 g/mol. The van der Waals surface area contributed by atoms with Crippen LogP contribution < -0.4 is 10.1 Å². The van der Waals surface area contributed by atoms with Crippen molar-refractivity contribution in [3.8, 4) is 28.6 Å². The second kappa shape index (κ2) is 7.31. The molecule has 0 atom stereocenters. The molecular weight excluding hydrogens is 436 g/mol. The van der Waals surface area contributed by atoms with Gasteiger partial charge in [-0.05, 0) is 44.0 Å². The van der Waals surface area contributed by atoms with E-state index in [1.807, 2.05) is 6.92 Å². The van der Waals surface area contributed by atoms with Crippen molar-refractivity contribution in [1.82, 2.24) is 14.9 Å². The number of carbonyl (C=O) groups is 1. The van der Waals surface area contributed by atoms with Crippen molar-refractivity contribution in [3.63, 3.8) is 0 Å². The molecule has 1 aliphatic heterocycles. The van der Waals surface area contributed by atoms with Gasteiger partial charge in [-0.2, -0.15) is 0 Å². The number of hydrogen-bond acceptors (Lipinski definition) is 6. The number of methoxy groups -OCH3 is 1. The molecule has 2 heterocycles. The number of rotatable bonds is 6. The molecule has 174 valence electrons. The Labute approximate surface area is 187 Å². The Kier molecular flexibility index (Phi) is 4.75. The number of phenolic OH excluding ortho intramolecular Hbond substituents is 2. The summed E-state index contributed by atoms with van der Waals surface area (Å²) in [6, 6.07) is 6.08. The number of halogens is 2. The number of carbonyl (C=O) groups excluding carboxylic acids is 1. The van der Waals surface area contributed by atoms with Crippen molar-refractivity contribution in [2.24, 2.45) is 0 Å². The molecule has 1 aliphatic carbocycles. The standard InChI is InChI=1S/C23H23F2N3O5/c1-22(10-33-11-22)28-15-7-12(21(31)26-9-23(25)5-6-23)3-4-14(15)27-20(28)13-8-16(32-2)18(29)19(30)17(13)24/h3-4,7-8,29-30H,5-6,9-11H2,1-2H3,(H,26,31). The summed E-state index contributed by atoms with van der Waals surface area (Å²) in [5.74, 6) is -3.05. The fourth-order valence-corrected chi connectivity index (χ4v) is 4.05. The zero-order chi connectivity index (χ0) is 23.5. The topological polar surface area (TPSA) is 106 Å². The molecule has 33 heavy (non-hydrogen) atoms. The molecular formula is C23H23F2N3O5. The highest BCUT2D eigenvalue weighted by atomic mass is 19.1. The summed E-state index contributed by atoms with van der Waals surface area (Å²) in [6.45, 7) is 2.52.